The van der Waals surface area contributed by atoms with Crippen LogP contribution in [0.3, 0.4) is 0 Å². The summed E-state index contributed by atoms with van der Waals surface area (Å²) in [5.41, 5.74) is 0.884. The van der Waals surface area contributed by atoms with Crippen molar-refractivity contribution >= 4 is 17.7 Å². The molecule has 0 saturated carbocycles. The largest absolute Gasteiger partial charge is 0.293 e. The molecular weight excluding hydrogens is 206 g/mol. The second-order valence-electron chi connectivity index (χ2n) is 3.73. The van der Waals surface area contributed by atoms with E-state index in [1.807, 2.05) is 24.3 Å². The molecule has 0 saturated heterocycles. The molecule has 0 radical (unpaired) electrons. The number of benzene rings is 1. The van der Waals surface area contributed by atoms with Gasteiger partial charge in [-0.25, -0.2) is 4.31 Å². The van der Waals surface area contributed by atoms with Crippen molar-refractivity contribution in [2.45, 2.75) is 24.7 Å². The lowest BCUT2D eigenvalue weighted by Crippen LogP contribution is -2.29. The third-order valence-electron chi connectivity index (χ3n) is 2.50. The van der Waals surface area contributed by atoms with Gasteiger partial charge in [0.05, 0.1) is 6.54 Å². The molecule has 1 aromatic carbocycles. The number of rotatable bonds is 3. The summed E-state index contributed by atoms with van der Waals surface area (Å²) in [7, 11) is 0. The summed E-state index contributed by atoms with van der Waals surface area (Å²) < 4.78 is 2.16. The van der Waals surface area contributed by atoms with Crippen LogP contribution in [0.15, 0.2) is 29.2 Å². The van der Waals surface area contributed by atoms with Gasteiger partial charge in [0.1, 0.15) is 0 Å². The molecule has 0 atom stereocenters. The van der Waals surface area contributed by atoms with Gasteiger partial charge in [0.25, 0.3) is 0 Å². The van der Waals surface area contributed by atoms with Crippen molar-refractivity contribution in [2.75, 3.05) is 13.1 Å². The average Bonchev–Trinajstić information content (AvgIpc) is 2.26. The van der Waals surface area contributed by atoms with E-state index >= 15 is 0 Å². The molecule has 2 rings (SSSR count). The Balaban J connectivity index is 2.12. The van der Waals surface area contributed by atoms with Crippen molar-refractivity contribution in [2.24, 2.45) is 0 Å². The molecular formula is C12H15NOS. The average molecular weight is 221 g/mol. The summed E-state index contributed by atoms with van der Waals surface area (Å²) in [6.07, 6.45) is 2.33. The van der Waals surface area contributed by atoms with Gasteiger partial charge < -0.3 is 0 Å². The topological polar surface area (TPSA) is 20.3 Å². The van der Waals surface area contributed by atoms with Crippen LogP contribution in [0.4, 0.5) is 0 Å². The fraction of sp³-hybridized carbons (Fsp3) is 0.417. The van der Waals surface area contributed by atoms with Crippen LogP contribution in [0.5, 0.6) is 0 Å². The Morgan fingerprint density at radius 3 is 3.00 bits per heavy atom. The number of fused-ring (bicyclic) bond motifs is 1. The first-order valence-electron chi connectivity index (χ1n) is 5.36. The number of hydrogen-bond donors (Lipinski definition) is 0. The monoisotopic (exact) mass is 221 g/mol. The van der Waals surface area contributed by atoms with Crippen LogP contribution in [-0.4, -0.2) is 23.2 Å². The predicted molar refractivity (Wildman–Crippen MR) is 63.1 cm³/mol. The quantitative estimate of drug-likeness (QED) is 0.732. The smallest absolute Gasteiger partial charge is 0.178 e. The maximum absolute atomic E-state index is 11.8. The van der Waals surface area contributed by atoms with Crippen molar-refractivity contribution in [3.63, 3.8) is 0 Å². The Bertz CT molecular complexity index is 364. The van der Waals surface area contributed by atoms with Gasteiger partial charge >= 0.3 is 0 Å². The molecule has 0 aromatic heterocycles. The molecule has 0 N–H and O–H groups in total. The summed E-state index contributed by atoms with van der Waals surface area (Å²) in [6.45, 7) is 3.73. The number of carbonyl (C=O) groups is 1. The highest BCUT2D eigenvalue weighted by atomic mass is 32.2. The third-order valence-corrected chi connectivity index (χ3v) is 3.62. The number of ketones is 1. The minimum atomic E-state index is 0.250. The predicted octanol–water partition coefficient (Wildman–Crippen LogP) is 2.99. The summed E-state index contributed by atoms with van der Waals surface area (Å²) in [5.74, 6) is 0.250. The maximum atomic E-state index is 11.8. The lowest BCUT2D eigenvalue weighted by molar-refractivity contribution is 0.0962. The van der Waals surface area contributed by atoms with Gasteiger partial charge in [-0.1, -0.05) is 31.5 Å². The van der Waals surface area contributed by atoms with Gasteiger partial charge in [-0.15, -0.1) is 0 Å². The highest BCUT2D eigenvalue weighted by Crippen LogP contribution is 2.31. The lowest BCUT2D eigenvalue weighted by Gasteiger charge is -2.25. The van der Waals surface area contributed by atoms with E-state index < -0.39 is 0 Å². The van der Waals surface area contributed by atoms with Gasteiger partial charge in [0.2, 0.25) is 0 Å². The second kappa shape index (κ2) is 4.81. The van der Waals surface area contributed by atoms with Crippen LogP contribution in [0.1, 0.15) is 30.1 Å². The summed E-state index contributed by atoms with van der Waals surface area (Å²) >= 11 is 1.71. The van der Waals surface area contributed by atoms with Crippen molar-refractivity contribution < 1.29 is 4.79 Å². The molecule has 2 nitrogen and oxygen atoms in total. The summed E-state index contributed by atoms with van der Waals surface area (Å²) in [6, 6.07) is 7.86. The number of unbranched alkanes of at least 4 members (excludes halogenated alkanes) is 1. The van der Waals surface area contributed by atoms with Gasteiger partial charge in [-0.3, -0.25) is 4.79 Å². The lowest BCUT2D eigenvalue weighted by atomic mass is 10.1. The van der Waals surface area contributed by atoms with E-state index in [0.717, 1.165) is 23.4 Å². The molecule has 3 heteroatoms. The van der Waals surface area contributed by atoms with Crippen molar-refractivity contribution in [3.8, 4) is 0 Å². The fourth-order valence-electron chi connectivity index (χ4n) is 1.65. The van der Waals surface area contributed by atoms with E-state index in [4.69, 9.17) is 0 Å². The zero-order valence-corrected chi connectivity index (χ0v) is 9.72. The van der Waals surface area contributed by atoms with Crippen LogP contribution in [-0.2, 0) is 0 Å². The molecule has 0 bridgehead atoms. The highest BCUT2D eigenvalue weighted by molar-refractivity contribution is 7.97. The van der Waals surface area contributed by atoms with Crippen LogP contribution in [0, 0.1) is 0 Å². The van der Waals surface area contributed by atoms with Crippen molar-refractivity contribution in [3.05, 3.63) is 29.8 Å². The molecule has 0 unspecified atom stereocenters. The standard InChI is InChI=1S/C12H15NOS/c1-2-3-8-13-9-11(14)10-6-4-5-7-12(10)15-13/h4-7H,2-3,8-9H2,1H3. The van der Waals surface area contributed by atoms with Crippen LogP contribution >= 0.6 is 11.9 Å². The minimum absolute atomic E-state index is 0.250. The Morgan fingerprint density at radius 1 is 1.40 bits per heavy atom. The van der Waals surface area contributed by atoms with Crippen molar-refractivity contribution in [1.29, 1.82) is 0 Å². The van der Waals surface area contributed by atoms with E-state index in [1.54, 1.807) is 11.9 Å². The molecule has 0 fully saturated rings. The summed E-state index contributed by atoms with van der Waals surface area (Å²) in [5, 5.41) is 0. The van der Waals surface area contributed by atoms with Gasteiger partial charge in [-0.2, -0.15) is 0 Å². The molecule has 1 heterocycles. The molecule has 1 aliphatic rings. The van der Waals surface area contributed by atoms with Crippen LogP contribution in [0.25, 0.3) is 0 Å². The number of nitrogens with zero attached hydrogens (tertiary/aromatic N) is 1. The Morgan fingerprint density at radius 2 is 2.20 bits per heavy atom. The number of hydrogen-bond acceptors (Lipinski definition) is 3. The molecule has 80 valence electrons. The normalized spacial score (nSPS) is 16.5. The zero-order chi connectivity index (χ0) is 10.7. The Kier molecular flexibility index (Phi) is 3.44. The maximum Gasteiger partial charge on any atom is 0.178 e. The molecule has 1 aromatic rings. The van der Waals surface area contributed by atoms with Gasteiger partial charge in [0.15, 0.2) is 5.78 Å². The van der Waals surface area contributed by atoms with Crippen LogP contribution < -0.4 is 0 Å². The van der Waals surface area contributed by atoms with E-state index in [1.165, 1.54) is 6.42 Å². The molecule has 0 amide bonds. The Labute approximate surface area is 94.8 Å². The van der Waals surface area contributed by atoms with Crippen molar-refractivity contribution in [1.82, 2.24) is 4.31 Å². The number of Topliss-reactive ketones (excluding diaryl/α,β-unsaturated/α-hetero) is 1. The number of carbonyl (C=O) groups excluding carboxylic acids is 1. The summed E-state index contributed by atoms with van der Waals surface area (Å²) in [4.78, 5) is 12.9. The van der Waals surface area contributed by atoms with E-state index in [-0.39, 0.29) is 5.78 Å². The highest BCUT2D eigenvalue weighted by Gasteiger charge is 2.22. The minimum Gasteiger partial charge on any atom is -0.293 e. The second-order valence-corrected chi connectivity index (χ2v) is 4.87. The Hall–Kier alpha value is -0.800. The first-order chi connectivity index (χ1) is 7.31. The molecule has 15 heavy (non-hydrogen) atoms. The van der Waals surface area contributed by atoms with Gasteiger partial charge in [0, 0.05) is 17.0 Å². The first kappa shape index (κ1) is 10.7. The SMILES string of the molecule is CCCCN1CC(=O)c2ccccc2S1. The van der Waals surface area contributed by atoms with Gasteiger partial charge in [-0.05, 0) is 24.4 Å². The molecule has 0 aliphatic carbocycles. The van der Waals surface area contributed by atoms with E-state index in [9.17, 15) is 4.79 Å². The molecule has 1 aliphatic heterocycles. The first-order valence-corrected chi connectivity index (χ1v) is 6.13. The van der Waals surface area contributed by atoms with E-state index in [0.29, 0.717) is 6.54 Å². The fourth-order valence-corrected chi connectivity index (χ4v) is 2.75. The molecule has 0 spiro atoms. The van der Waals surface area contributed by atoms with E-state index in [2.05, 4.69) is 11.2 Å². The van der Waals surface area contributed by atoms with Crippen LogP contribution in [0.2, 0.25) is 0 Å². The third kappa shape index (κ3) is 2.41. The zero-order valence-electron chi connectivity index (χ0n) is 8.90.